The van der Waals surface area contributed by atoms with E-state index >= 15 is 0 Å². The highest BCUT2D eigenvalue weighted by Gasteiger charge is 2.29. The Morgan fingerprint density at radius 1 is 1.27 bits per heavy atom. The number of carbonyl (C=O) groups is 1. The summed E-state index contributed by atoms with van der Waals surface area (Å²) in [7, 11) is -3.08. The van der Waals surface area contributed by atoms with Crippen LogP contribution in [0.1, 0.15) is 33.1 Å². The molecule has 10 heteroatoms. The number of sulfonamides is 1. The summed E-state index contributed by atoms with van der Waals surface area (Å²) in [5, 5.41) is 3.25. The number of nitrogens with one attached hydrogen (secondary N) is 1. The Balaban J connectivity index is 0.00000338. The predicted molar refractivity (Wildman–Crippen MR) is 112 cm³/mol. The largest absolute Gasteiger partial charge is 0.466 e. The fraction of sp³-hybridized carbons (Fsp3) is 0.875. The van der Waals surface area contributed by atoms with E-state index in [9.17, 15) is 13.2 Å². The Morgan fingerprint density at radius 3 is 2.65 bits per heavy atom. The number of rotatable bonds is 6. The quantitative estimate of drug-likeness (QED) is 0.251. The van der Waals surface area contributed by atoms with Gasteiger partial charge in [0.05, 0.1) is 24.8 Å². The van der Waals surface area contributed by atoms with Gasteiger partial charge in [0.25, 0.3) is 0 Å². The van der Waals surface area contributed by atoms with Crippen molar-refractivity contribution in [3.05, 3.63) is 0 Å². The molecule has 26 heavy (non-hydrogen) atoms. The molecular formula is C16H31IN4O4S. The molecule has 0 spiro atoms. The van der Waals surface area contributed by atoms with Gasteiger partial charge < -0.3 is 15.0 Å². The van der Waals surface area contributed by atoms with Gasteiger partial charge in [-0.1, -0.05) is 0 Å². The van der Waals surface area contributed by atoms with Crippen molar-refractivity contribution in [2.24, 2.45) is 10.9 Å². The standard InChI is InChI=1S/C16H30N4O4S.HI/c1-3-17-16(18-8-11-20-10-6-12-25(20,22)23)19-9-5-7-14(13-19)15(21)24-4-2;/h14H,3-13H2,1-2H3,(H,17,18);1H. The molecule has 0 aliphatic carbocycles. The van der Waals surface area contributed by atoms with Crippen molar-refractivity contribution in [3.63, 3.8) is 0 Å². The summed E-state index contributed by atoms with van der Waals surface area (Å²) in [5.41, 5.74) is 0. The van der Waals surface area contributed by atoms with Gasteiger partial charge in [-0.2, -0.15) is 0 Å². The zero-order valence-corrected chi connectivity index (χ0v) is 18.8. The van der Waals surface area contributed by atoms with Gasteiger partial charge in [0.1, 0.15) is 0 Å². The lowest BCUT2D eigenvalue weighted by Crippen LogP contribution is -2.48. The third-order valence-electron chi connectivity index (χ3n) is 4.49. The smallest absolute Gasteiger partial charge is 0.310 e. The molecule has 0 aromatic heterocycles. The summed E-state index contributed by atoms with van der Waals surface area (Å²) < 4.78 is 30.3. The molecule has 2 saturated heterocycles. The molecule has 152 valence electrons. The van der Waals surface area contributed by atoms with Crippen molar-refractivity contribution in [1.29, 1.82) is 0 Å². The highest BCUT2D eigenvalue weighted by atomic mass is 127. The van der Waals surface area contributed by atoms with Crippen molar-refractivity contribution in [3.8, 4) is 0 Å². The van der Waals surface area contributed by atoms with E-state index in [0.717, 1.165) is 31.9 Å². The average Bonchev–Trinajstić information content (AvgIpc) is 2.93. The Labute approximate surface area is 173 Å². The number of piperidine rings is 1. The molecule has 2 heterocycles. The number of halogens is 1. The van der Waals surface area contributed by atoms with Crippen LogP contribution >= 0.6 is 24.0 Å². The third-order valence-corrected chi connectivity index (χ3v) is 6.45. The van der Waals surface area contributed by atoms with Gasteiger partial charge in [-0.15, -0.1) is 24.0 Å². The number of ether oxygens (including phenoxy) is 1. The lowest BCUT2D eigenvalue weighted by molar-refractivity contribution is -0.149. The zero-order chi connectivity index (χ0) is 18.3. The van der Waals surface area contributed by atoms with Crippen molar-refractivity contribution >= 4 is 45.9 Å². The van der Waals surface area contributed by atoms with E-state index in [1.807, 2.05) is 13.8 Å². The highest BCUT2D eigenvalue weighted by molar-refractivity contribution is 14.0. The van der Waals surface area contributed by atoms with Crippen LogP contribution in [0.25, 0.3) is 0 Å². The summed E-state index contributed by atoms with van der Waals surface area (Å²) in [5.74, 6) is 0.709. The fourth-order valence-corrected chi connectivity index (χ4v) is 4.78. The van der Waals surface area contributed by atoms with Crippen molar-refractivity contribution in [1.82, 2.24) is 14.5 Å². The Kier molecular flexibility index (Phi) is 10.2. The first-order valence-electron chi connectivity index (χ1n) is 9.15. The minimum Gasteiger partial charge on any atom is -0.466 e. The van der Waals surface area contributed by atoms with Gasteiger partial charge in [-0.05, 0) is 33.1 Å². The van der Waals surface area contributed by atoms with Gasteiger partial charge in [-0.25, -0.2) is 12.7 Å². The van der Waals surface area contributed by atoms with Crippen LogP contribution in [0.4, 0.5) is 0 Å². The van der Waals surface area contributed by atoms with Crippen molar-refractivity contribution in [2.45, 2.75) is 33.1 Å². The van der Waals surface area contributed by atoms with Gasteiger partial charge in [0.15, 0.2) is 5.96 Å². The van der Waals surface area contributed by atoms with Crippen LogP contribution in [-0.4, -0.2) is 81.2 Å². The maximum Gasteiger partial charge on any atom is 0.310 e. The van der Waals surface area contributed by atoms with Crippen LogP contribution in [-0.2, 0) is 19.6 Å². The van der Waals surface area contributed by atoms with Crippen molar-refractivity contribution < 1.29 is 17.9 Å². The molecule has 0 aromatic carbocycles. The van der Waals surface area contributed by atoms with E-state index in [0.29, 0.717) is 39.2 Å². The number of aliphatic imine (C=N–C) groups is 1. The lowest BCUT2D eigenvalue weighted by Gasteiger charge is -2.34. The molecule has 0 aromatic rings. The number of esters is 1. The van der Waals surface area contributed by atoms with Gasteiger partial charge >= 0.3 is 5.97 Å². The minimum absolute atomic E-state index is 0. The topological polar surface area (TPSA) is 91.3 Å². The van der Waals surface area contributed by atoms with Crippen LogP contribution in [0.15, 0.2) is 4.99 Å². The second kappa shape index (κ2) is 11.3. The van der Waals surface area contributed by atoms with Crippen LogP contribution in [0.2, 0.25) is 0 Å². The van der Waals surface area contributed by atoms with E-state index < -0.39 is 10.0 Å². The summed E-state index contributed by atoms with van der Waals surface area (Å²) in [4.78, 5) is 18.7. The average molecular weight is 502 g/mol. The maximum atomic E-state index is 12.0. The first-order valence-corrected chi connectivity index (χ1v) is 10.8. The Morgan fingerprint density at radius 2 is 2.04 bits per heavy atom. The predicted octanol–water partition coefficient (Wildman–Crippen LogP) is 0.881. The van der Waals surface area contributed by atoms with E-state index in [-0.39, 0.29) is 41.6 Å². The second-order valence-corrected chi connectivity index (χ2v) is 8.43. The summed E-state index contributed by atoms with van der Waals surface area (Å²) >= 11 is 0. The molecule has 0 amide bonds. The monoisotopic (exact) mass is 502 g/mol. The lowest BCUT2D eigenvalue weighted by atomic mass is 9.98. The molecule has 2 fully saturated rings. The summed E-state index contributed by atoms with van der Waals surface area (Å²) in [6.07, 6.45) is 2.44. The number of nitrogens with zero attached hydrogens (tertiary/aromatic N) is 3. The summed E-state index contributed by atoms with van der Waals surface area (Å²) in [6.45, 7) is 7.77. The number of guanidine groups is 1. The molecule has 0 saturated carbocycles. The molecule has 1 unspecified atom stereocenters. The van der Waals surface area contributed by atoms with E-state index in [1.54, 1.807) is 0 Å². The molecule has 1 atom stereocenters. The second-order valence-electron chi connectivity index (χ2n) is 6.34. The first-order chi connectivity index (χ1) is 12.0. The normalized spacial score (nSPS) is 23.4. The van der Waals surface area contributed by atoms with E-state index in [1.165, 1.54) is 4.31 Å². The SMILES string of the molecule is CCNC(=NCCN1CCCS1(=O)=O)N1CCCC(C(=O)OCC)C1.I. The Bertz CT molecular complexity index is 585. The zero-order valence-electron chi connectivity index (χ0n) is 15.6. The molecule has 2 aliphatic rings. The molecule has 1 N–H and O–H groups in total. The van der Waals surface area contributed by atoms with Crippen LogP contribution < -0.4 is 5.32 Å². The number of hydrogen-bond donors (Lipinski definition) is 1. The minimum atomic E-state index is -3.08. The van der Waals surface area contributed by atoms with Crippen LogP contribution in [0.5, 0.6) is 0 Å². The maximum absolute atomic E-state index is 12.0. The third kappa shape index (κ3) is 6.52. The van der Waals surface area contributed by atoms with E-state index in [2.05, 4.69) is 15.2 Å². The first kappa shape index (κ1) is 23.4. The molecule has 0 bridgehead atoms. The number of likely N-dealkylation sites (tertiary alicyclic amines) is 1. The Hall–Kier alpha value is -0.620. The number of carbonyl (C=O) groups excluding carboxylic acids is 1. The molecule has 2 rings (SSSR count). The molecule has 0 radical (unpaired) electrons. The van der Waals surface area contributed by atoms with Gasteiger partial charge in [0.2, 0.25) is 10.0 Å². The van der Waals surface area contributed by atoms with Gasteiger partial charge in [0, 0.05) is 32.7 Å². The van der Waals surface area contributed by atoms with Gasteiger partial charge in [-0.3, -0.25) is 9.79 Å². The van der Waals surface area contributed by atoms with E-state index in [4.69, 9.17) is 4.74 Å². The van der Waals surface area contributed by atoms with Crippen LogP contribution in [0, 0.1) is 5.92 Å². The van der Waals surface area contributed by atoms with Crippen LogP contribution in [0.3, 0.4) is 0 Å². The summed E-state index contributed by atoms with van der Waals surface area (Å²) in [6, 6.07) is 0. The number of hydrogen-bond acceptors (Lipinski definition) is 5. The van der Waals surface area contributed by atoms with Crippen molar-refractivity contribution in [2.75, 3.05) is 51.6 Å². The molecular weight excluding hydrogens is 471 g/mol. The highest BCUT2D eigenvalue weighted by Crippen LogP contribution is 2.18. The molecule has 2 aliphatic heterocycles. The fourth-order valence-electron chi connectivity index (χ4n) is 3.26. The molecule has 8 nitrogen and oxygen atoms in total.